The summed E-state index contributed by atoms with van der Waals surface area (Å²) < 4.78 is 14.7. The molecule has 5 heteroatoms. The molecule has 0 amide bonds. The van der Waals surface area contributed by atoms with E-state index in [2.05, 4.69) is 4.52 Å². The Morgan fingerprint density at radius 2 is 2.17 bits per heavy atom. The molecule has 0 fully saturated rings. The van der Waals surface area contributed by atoms with Crippen LogP contribution in [0.3, 0.4) is 0 Å². The summed E-state index contributed by atoms with van der Waals surface area (Å²) in [5.41, 5.74) is 6.85. The lowest BCUT2D eigenvalue weighted by atomic mass is 10.2. The molecule has 1 aromatic carbocycles. The average molecular weight is 187 g/mol. The van der Waals surface area contributed by atoms with Gasteiger partial charge in [0, 0.05) is 11.3 Å². The highest BCUT2D eigenvalue weighted by Gasteiger charge is 1.98. The fourth-order valence-corrected chi connectivity index (χ4v) is 1.08. The Balaban J connectivity index is 2.63. The normalized spacial score (nSPS) is 12.8. The monoisotopic (exact) mass is 187 g/mol. The van der Waals surface area contributed by atoms with Crippen LogP contribution >= 0.6 is 8.25 Å². The molecule has 3 N–H and O–H groups in total. The van der Waals surface area contributed by atoms with Crippen molar-refractivity contribution in [1.29, 1.82) is 0 Å². The van der Waals surface area contributed by atoms with Crippen molar-refractivity contribution in [3.05, 3.63) is 29.8 Å². The van der Waals surface area contributed by atoms with E-state index in [1.807, 2.05) is 0 Å². The molecule has 0 aromatic heterocycles. The van der Waals surface area contributed by atoms with Gasteiger partial charge in [-0.15, -0.1) is 0 Å². The summed E-state index contributed by atoms with van der Waals surface area (Å²) in [5.74, 6) is 0. The largest absolute Gasteiger partial charge is 0.398 e. The summed E-state index contributed by atoms with van der Waals surface area (Å²) in [4.78, 5) is 8.39. The molecule has 0 aliphatic heterocycles. The lowest BCUT2D eigenvalue weighted by molar-refractivity contribution is 0.273. The van der Waals surface area contributed by atoms with E-state index < -0.39 is 8.25 Å². The minimum absolute atomic E-state index is 0.0843. The second kappa shape index (κ2) is 4.26. The van der Waals surface area contributed by atoms with Crippen LogP contribution in [0.4, 0.5) is 5.69 Å². The predicted molar refractivity (Wildman–Crippen MR) is 46.9 cm³/mol. The molecule has 0 spiro atoms. The Bertz CT molecular complexity index is 290. The molecule has 1 aromatic rings. The van der Waals surface area contributed by atoms with Gasteiger partial charge in [0.05, 0.1) is 6.61 Å². The van der Waals surface area contributed by atoms with Crippen molar-refractivity contribution >= 4 is 13.9 Å². The van der Waals surface area contributed by atoms with E-state index in [1.54, 1.807) is 24.3 Å². The van der Waals surface area contributed by atoms with Gasteiger partial charge in [0.15, 0.2) is 0 Å². The number of nitrogen functional groups attached to an aromatic ring is 1. The number of anilines is 1. The van der Waals surface area contributed by atoms with Gasteiger partial charge < -0.3 is 15.2 Å². The SMILES string of the molecule is Nc1ccccc1CO[PH](=O)O. The summed E-state index contributed by atoms with van der Waals surface area (Å²) in [6, 6.07) is 7.05. The van der Waals surface area contributed by atoms with Crippen molar-refractivity contribution in [3.63, 3.8) is 0 Å². The molecule has 0 aliphatic rings. The molecule has 0 saturated heterocycles. The van der Waals surface area contributed by atoms with E-state index in [9.17, 15) is 4.57 Å². The maximum absolute atomic E-state index is 10.2. The van der Waals surface area contributed by atoms with Crippen molar-refractivity contribution in [3.8, 4) is 0 Å². The Morgan fingerprint density at radius 1 is 1.50 bits per heavy atom. The first-order valence-corrected chi connectivity index (χ1v) is 4.65. The molecular formula is C7H10NO3P. The standard InChI is InChI=1S/C7H10NO3P/c8-7-4-2-1-3-6(7)5-11-12(9)10/h1-4,12H,5,8H2,(H,9,10). The fraction of sp³-hybridized carbons (Fsp3) is 0.143. The summed E-state index contributed by atoms with van der Waals surface area (Å²) >= 11 is 0. The third-order valence-corrected chi connectivity index (χ3v) is 1.80. The molecule has 0 radical (unpaired) electrons. The maximum atomic E-state index is 10.2. The molecule has 0 aliphatic carbocycles. The van der Waals surface area contributed by atoms with Crippen molar-refractivity contribution in [1.82, 2.24) is 0 Å². The highest BCUT2D eigenvalue weighted by atomic mass is 31.1. The van der Waals surface area contributed by atoms with Gasteiger partial charge in [0.25, 0.3) is 0 Å². The van der Waals surface area contributed by atoms with Gasteiger partial charge in [-0.05, 0) is 6.07 Å². The van der Waals surface area contributed by atoms with E-state index in [0.29, 0.717) is 5.69 Å². The zero-order valence-electron chi connectivity index (χ0n) is 6.36. The average Bonchev–Trinajstić information content (AvgIpc) is 2.03. The first-order chi connectivity index (χ1) is 5.70. The Morgan fingerprint density at radius 3 is 2.75 bits per heavy atom. The first kappa shape index (κ1) is 9.26. The van der Waals surface area contributed by atoms with Gasteiger partial charge >= 0.3 is 8.25 Å². The third kappa shape index (κ3) is 2.66. The van der Waals surface area contributed by atoms with E-state index in [-0.39, 0.29) is 6.61 Å². The van der Waals surface area contributed by atoms with Crippen LogP contribution in [0.15, 0.2) is 24.3 Å². The highest BCUT2D eigenvalue weighted by molar-refractivity contribution is 7.32. The minimum Gasteiger partial charge on any atom is -0.398 e. The Kier molecular flexibility index (Phi) is 3.29. The van der Waals surface area contributed by atoms with Crippen LogP contribution in [0.5, 0.6) is 0 Å². The Hall–Kier alpha value is -0.830. The maximum Gasteiger partial charge on any atom is 0.316 e. The minimum atomic E-state index is -2.85. The number of benzene rings is 1. The van der Waals surface area contributed by atoms with Gasteiger partial charge in [0.1, 0.15) is 0 Å². The fourth-order valence-electron chi connectivity index (χ4n) is 0.805. The topological polar surface area (TPSA) is 72.5 Å². The third-order valence-electron chi connectivity index (χ3n) is 1.41. The zero-order valence-corrected chi connectivity index (χ0v) is 7.36. The molecule has 1 atom stereocenters. The number of nitrogens with two attached hydrogens (primary N) is 1. The molecule has 0 bridgehead atoms. The number of hydrogen-bond donors (Lipinski definition) is 2. The van der Waals surface area contributed by atoms with E-state index >= 15 is 0 Å². The predicted octanol–water partition coefficient (Wildman–Crippen LogP) is 1.17. The van der Waals surface area contributed by atoms with Gasteiger partial charge in [-0.2, -0.15) is 0 Å². The van der Waals surface area contributed by atoms with Crippen LogP contribution in [-0.2, 0) is 15.7 Å². The van der Waals surface area contributed by atoms with Crippen LogP contribution in [0.25, 0.3) is 0 Å². The molecule has 4 nitrogen and oxygen atoms in total. The molecule has 1 rings (SSSR count). The zero-order chi connectivity index (χ0) is 8.97. The Labute approximate surface area is 70.9 Å². The molecule has 0 heterocycles. The van der Waals surface area contributed by atoms with E-state index in [0.717, 1.165) is 5.56 Å². The van der Waals surface area contributed by atoms with E-state index in [1.165, 1.54) is 0 Å². The number of para-hydroxylation sites is 1. The summed E-state index contributed by atoms with van der Waals surface area (Å²) in [6.07, 6.45) is 0. The number of hydrogen-bond acceptors (Lipinski definition) is 3. The molecule has 0 saturated carbocycles. The lowest BCUT2D eigenvalue weighted by Gasteiger charge is -2.03. The van der Waals surface area contributed by atoms with Gasteiger partial charge in [0.2, 0.25) is 0 Å². The van der Waals surface area contributed by atoms with Crippen LogP contribution < -0.4 is 5.73 Å². The highest BCUT2D eigenvalue weighted by Crippen LogP contribution is 2.20. The summed E-state index contributed by atoms with van der Waals surface area (Å²) in [5, 5.41) is 0. The van der Waals surface area contributed by atoms with Gasteiger partial charge in [-0.25, -0.2) is 0 Å². The molecule has 66 valence electrons. The van der Waals surface area contributed by atoms with Crippen LogP contribution in [0.2, 0.25) is 0 Å². The second-order valence-electron chi connectivity index (χ2n) is 2.25. The van der Waals surface area contributed by atoms with Crippen molar-refractivity contribution in [2.75, 3.05) is 5.73 Å². The lowest BCUT2D eigenvalue weighted by Crippen LogP contribution is -1.93. The van der Waals surface area contributed by atoms with Crippen LogP contribution in [0, 0.1) is 0 Å². The van der Waals surface area contributed by atoms with E-state index in [4.69, 9.17) is 10.6 Å². The summed E-state index contributed by atoms with van der Waals surface area (Å²) in [6.45, 7) is 0.0843. The van der Waals surface area contributed by atoms with Gasteiger partial charge in [-0.3, -0.25) is 4.57 Å². The smallest absolute Gasteiger partial charge is 0.316 e. The van der Waals surface area contributed by atoms with Crippen molar-refractivity contribution in [2.24, 2.45) is 0 Å². The quantitative estimate of drug-likeness (QED) is 0.550. The van der Waals surface area contributed by atoms with Crippen molar-refractivity contribution in [2.45, 2.75) is 6.61 Å². The van der Waals surface area contributed by atoms with Crippen molar-refractivity contribution < 1.29 is 14.0 Å². The van der Waals surface area contributed by atoms with Crippen LogP contribution in [0.1, 0.15) is 5.56 Å². The second-order valence-corrected chi connectivity index (χ2v) is 3.07. The molecule has 12 heavy (non-hydrogen) atoms. The first-order valence-electron chi connectivity index (χ1n) is 3.39. The van der Waals surface area contributed by atoms with Gasteiger partial charge in [-0.1, -0.05) is 18.2 Å². The molecular weight excluding hydrogens is 177 g/mol. The van der Waals surface area contributed by atoms with Crippen LogP contribution in [-0.4, -0.2) is 4.89 Å². The molecule has 1 unspecified atom stereocenters. The summed E-state index contributed by atoms with van der Waals surface area (Å²) in [7, 11) is -2.85. The number of rotatable bonds is 3.